The van der Waals surface area contributed by atoms with Crippen LogP contribution in [0.25, 0.3) is 0 Å². The van der Waals surface area contributed by atoms with Crippen LogP contribution in [0.1, 0.15) is 25.5 Å². The molecule has 1 atom stereocenters. The van der Waals surface area contributed by atoms with Gasteiger partial charge in [0, 0.05) is 25.7 Å². The average Bonchev–Trinajstić information content (AvgIpc) is 2.50. The minimum atomic E-state index is -0.0285. The summed E-state index contributed by atoms with van der Waals surface area (Å²) in [5, 5.41) is 7.59. The molecule has 0 aromatic carbocycles. The second kappa shape index (κ2) is 4.85. The lowest BCUT2D eigenvalue weighted by atomic mass is 10.1. The van der Waals surface area contributed by atoms with Gasteiger partial charge in [0.2, 0.25) is 0 Å². The van der Waals surface area contributed by atoms with Crippen LogP contribution in [0.4, 0.5) is 0 Å². The fourth-order valence-corrected chi connectivity index (χ4v) is 1.19. The molecule has 0 aliphatic carbocycles. The van der Waals surface area contributed by atoms with E-state index in [2.05, 4.69) is 10.3 Å². The minimum Gasteiger partial charge on any atom is -0.327 e. The molecule has 0 saturated carbocycles. The number of Topliss-reactive ketones (excluding diaryl/α,β-unsaturated/α-hetero) is 1. The number of rotatable bonds is 5. The molecule has 2 N–H and O–H groups in total. The fraction of sp³-hybridized carbons (Fsp3) is 0.667. The van der Waals surface area contributed by atoms with Gasteiger partial charge in [-0.05, 0) is 6.42 Å². The highest BCUT2D eigenvalue weighted by atomic mass is 16.1. The Bertz CT molecular complexity index is 308. The van der Waals surface area contributed by atoms with E-state index in [1.807, 2.05) is 6.92 Å². The second-order valence-corrected chi connectivity index (χ2v) is 3.47. The lowest BCUT2D eigenvalue weighted by Crippen LogP contribution is -2.23. The molecule has 0 radical (unpaired) electrons. The molecule has 1 rings (SSSR count). The Kier molecular flexibility index (Phi) is 3.76. The van der Waals surface area contributed by atoms with E-state index in [0.29, 0.717) is 18.5 Å². The normalized spacial score (nSPS) is 12.8. The summed E-state index contributed by atoms with van der Waals surface area (Å²) < 4.78 is 1.59. The lowest BCUT2D eigenvalue weighted by Gasteiger charge is -2.05. The lowest BCUT2D eigenvalue weighted by molar-refractivity contribution is -0.118. The summed E-state index contributed by atoms with van der Waals surface area (Å²) in [5.74, 6) is 0.125. The first kappa shape index (κ1) is 10.8. The smallest absolute Gasteiger partial charge is 0.140 e. The highest BCUT2D eigenvalue weighted by molar-refractivity contribution is 5.80. The summed E-state index contributed by atoms with van der Waals surface area (Å²) in [6.07, 6.45) is 3.33. The molecule has 0 saturated heterocycles. The van der Waals surface area contributed by atoms with Crippen molar-refractivity contribution in [3.8, 4) is 0 Å². The van der Waals surface area contributed by atoms with E-state index in [0.717, 1.165) is 6.42 Å². The van der Waals surface area contributed by atoms with Crippen LogP contribution in [0.5, 0.6) is 0 Å². The van der Waals surface area contributed by atoms with Crippen LogP contribution in [0, 0.1) is 0 Å². The number of nitrogens with zero attached hydrogens (tertiary/aromatic N) is 3. The van der Waals surface area contributed by atoms with Crippen molar-refractivity contribution in [2.24, 2.45) is 12.8 Å². The minimum absolute atomic E-state index is 0.0285. The van der Waals surface area contributed by atoms with Crippen LogP contribution >= 0.6 is 0 Å². The largest absolute Gasteiger partial charge is 0.327 e. The monoisotopic (exact) mass is 196 g/mol. The van der Waals surface area contributed by atoms with E-state index in [9.17, 15) is 4.79 Å². The summed E-state index contributed by atoms with van der Waals surface area (Å²) in [6, 6.07) is -0.0285. The summed E-state index contributed by atoms with van der Waals surface area (Å²) in [4.78, 5) is 11.4. The zero-order valence-electron chi connectivity index (χ0n) is 8.60. The van der Waals surface area contributed by atoms with E-state index in [1.54, 1.807) is 17.9 Å². The van der Waals surface area contributed by atoms with E-state index in [4.69, 9.17) is 5.73 Å². The standard InChI is InChI=1S/C9H16N4O/c1-3-7(10)4-9(14)5-8-6-13(2)12-11-8/h6-7H,3-5,10H2,1-2H3. The average molecular weight is 196 g/mol. The predicted octanol–water partition coefficient (Wildman–Crippen LogP) is 0.0541. The Morgan fingerprint density at radius 3 is 2.93 bits per heavy atom. The maximum Gasteiger partial charge on any atom is 0.140 e. The number of carbonyl (C=O) groups excluding carboxylic acids is 1. The third-order valence-corrected chi connectivity index (χ3v) is 2.04. The molecule has 1 heterocycles. The summed E-state index contributed by atoms with van der Waals surface area (Å²) in [5.41, 5.74) is 6.38. The van der Waals surface area contributed by atoms with Crippen LogP contribution in [-0.2, 0) is 18.3 Å². The third kappa shape index (κ3) is 3.26. The first-order valence-corrected chi connectivity index (χ1v) is 4.74. The first-order valence-electron chi connectivity index (χ1n) is 4.74. The maximum absolute atomic E-state index is 11.4. The molecule has 1 aromatic heterocycles. The highest BCUT2D eigenvalue weighted by Crippen LogP contribution is 2.00. The van der Waals surface area contributed by atoms with Gasteiger partial charge in [0.05, 0.1) is 12.1 Å². The van der Waals surface area contributed by atoms with Gasteiger partial charge in [0.15, 0.2) is 0 Å². The third-order valence-electron chi connectivity index (χ3n) is 2.04. The first-order chi connectivity index (χ1) is 6.61. The topological polar surface area (TPSA) is 73.8 Å². The molecule has 0 aliphatic heterocycles. The zero-order chi connectivity index (χ0) is 10.6. The van der Waals surface area contributed by atoms with E-state index in [1.165, 1.54) is 0 Å². The summed E-state index contributed by atoms with van der Waals surface area (Å²) >= 11 is 0. The molecule has 14 heavy (non-hydrogen) atoms. The number of aryl methyl sites for hydroxylation is 1. The fourth-order valence-electron chi connectivity index (χ4n) is 1.19. The van der Waals surface area contributed by atoms with Crippen LogP contribution in [-0.4, -0.2) is 26.8 Å². The Morgan fingerprint density at radius 2 is 2.43 bits per heavy atom. The molecule has 78 valence electrons. The Hall–Kier alpha value is -1.23. The number of ketones is 1. The Balaban J connectivity index is 2.41. The van der Waals surface area contributed by atoms with Gasteiger partial charge in [-0.1, -0.05) is 12.1 Å². The van der Waals surface area contributed by atoms with Gasteiger partial charge in [-0.15, -0.1) is 5.10 Å². The van der Waals surface area contributed by atoms with Gasteiger partial charge in [-0.25, -0.2) is 0 Å². The molecular formula is C9H16N4O. The molecule has 0 bridgehead atoms. The quantitative estimate of drug-likeness (QED) is 0.722. The van der Waals surface area contributed by atoms with Crippen molar-refractivity contribution in [1.29, 1.82) is 0 Å². The molecule has 1 unspecified atom stereocenters. The number of aromatic nitrogens is 3. The van der Waals surface area contributed by atoms with Crippen LogP contribution in [0.2, 0.25) is 0 Å². The van der Waals surface area contributed by atoms with Gasteiger partial charge in [-0.2, -0.15) is 0 Å². The number of nitrogens with two attached hydrogens (primary N) is 1. The number of hydrogen-bond acceptors (Lipinski definition) is 4. The van der Waals surface area contributed by atoms with Crippen molar-refractivity contribution in [3.63, 3.8) is 0 Å². The Labute approximate surface area is 83.3 Å². The van der Waals surface area contributed by atoms with Crippen molar-refractivity contribution in [2.45, 2.75) is 32.2 Å². The molecular weight excluding hydrogens is 180 g/mol. The summed E-state index contributed by atoms with van der Waals surface area (Å²) in [7, 11) is 1.78. The number of carbonyl (C=O) groups is 1. The molecule has 0 aliphatic rings. The van der Waals surface area contributed by atoms with Crippen molar-refractivity contribution >= 4 is 5.78 Å². The van der Waals surface area contributed by atoms with E-state index in [-0.39, 0.29) is 11.8 Å². The molecule has 0 amide bonds. The van der Waals surface area contributed by atoms with Crippen molar-refractivity contribution in [2.75, 3.05) is 0 Å². The highest BCUT2D eigenvalue weighted by Gasteiger charge is 2.10. The van der Waals surface area contributed by atoms with Crippen molar-refractivity contribution in [1.82, 2.24) is 15.0 Å². The van der Waals surface area contributed by atoms with E-state index < -0.39 is 0 Å². The molecule has 0 spiro atoms. The molecule has 1 aromatic rings. The Morgan fingerprint density at radius 1 is 1.71 bits per heavy atom. The molecule has 0 fully saturated rings. The van der Waals surface area contributed by atoms with Crippen LogP contribution < -0.4 is 5.73 Å². The SMILES string of the molecule is CCC(N)CC(=O)Cc1cn(C)nn1. The van der Waals surface area contributed by atoms with Crippen LogP contribution in [0.15, 0.2) is 6.20 Å². The number of hydrogen-bond donors (Lipinski definition) is 1. The van der Waals surface area contributed by atoms with Crippen LogP contribution in [0.3, 0.4) is 0 Å². The zero-order valence-corrected chi connectivity index (χ0v) is 8.60. The molecule has 5 heteroatoms. The summed E-state index contributed by atoms with van der Waals surface area (Å²) in [6.45, 7) is 1.97. The van der Waals surface area contributed by atoms with Gasteiger partial charge in [-0.3, -0.25) is 9.48 Å². The van der Waals surface area contributed by atoms with E-state index >= 15 is 0 Å². The van der Waals surface area contributed by atoms with Crippen molar-refractivity contribution in [3.05, 3.63) is 11.9 Å². The second-order valence-electron chi connectivity index (χ2n) is 3.47. The van der Waals surface area contributed by atoms with Gasteiger partial charge >= 0.3 is 0 Å². The van der Waals surface area contributed by atoms with Gasteiger partial charge < -0.3 is 5.73 Å². The molecule has 5 nitrogen and oxygen atoms in total. The van der Waals surface area contributed by atoms with Gasteiger partial charge in [0.1, 0.15) is 5.78 Å². The predicted molar refractivity (Wildman–Crippen MR) is 52.6 cm³/mol. The maximum atomic E-state index is 11.4. The van der Waals surface area contributed by atoms with Gasteiger partial charge in [0.25, 0.3) is 0 Å². The van der Waals surface area contributed by atoms with Crippen molar-refractivity contribution < 1.29 is 4.79 Å².